The van der Waals surface area contributed by atoms with Gasteiger partial charge in [0.15, 0.2) is 0 Å². The number of benzene rings is 2. The third-order valence-electron chi connectivity index (χ3n) is 9.38. The van der Waals surface area contributed by atoms with Gasteiger partial charge in [-0.1, -0.05) is 96.5 Å². The van der Waals surface area contributed by atoms with Crippen molar-refractivity contribution >= 4 is 52.7 Å². The van der Waals surface area contributed by atoms with Gasteiger partial charge in [-0.05, 0) is 74.1 Å². The summed E-state index contributed by atoms with van der Waals surface area (Å²) in [5.74, 6) is -5.92. The van der Waals surface area contributed by atoms with Crippen LogP contribution in [0.2, 0.25) is 0 Å². The van der Waals surface area contributed by atoms with Crippen molar-refractivity contribution in [2.75, 3.05) is 6.54 Å². The Morgan fingerprint density at radius 3 is 1.39 bits per heavy atom. The van der Waals surface area contributed by atoms with Crippen molar-refractivity contribution in [2.45, 2.75) is 129 Å². The number of rotatable bonds is 16. The molecule has 1 saturated heterocycles. The van der Waals surface area contributed by atoms with Crippen molar-refractivity contribution < 1.29 is 69.3 Å². The summed E-state index contributed by atoms with van der Waals surface area (Å²) in [7, 11) is 0. The van der Waals surface area contributed by atoms with Crippen LogP contribution in [0.15, 0.2) is 60.8 Å². The van der Waals surface area contributed by atoms with Crippen LogP contribution < -0.4 is 39.7 Å². The zero-order chi connectivity index (χ0) is 52.6. The van der Waals surface area contributed by atoms with Crippen LogP contribution in [0, 0.1) is 17.8 Å². The fourth-order valence-electron chi connectivity index (χ4n) is 4.87. The molecule has 0 amide bonds. The zero-order valence-electron chi connectivity index (χ0n) is 39.4. The summed E-state index contributed by atoms with van der Waals surface area (Å²) in [6, 6.07) is 12.4. The van der Waals surface area contributed by atoms with Gasteiger partial charge in [0.25, 0.3) is 0 Å². The summed E-state index contributed by atoms with van der Waals surface area (Å²) < 4.78 is 0. The Morgan fingerprint density at radius 2 is 1.07 bits per heavy atom. The molecule has 2 heterocycles. The van der Waals surface area contributed by atoms with E-state index in [1.54, 1.807) is 13.8 Å². The minimum Gasteiger partial charge on any atom is -0.480 e. The summed E-state index contributed by atoms with van der Waals surface area (Å²) in [5.41, 5.74) is 34.2. The minimum atomic E-state index is -0.972. The second kappa shape index (κ2) is 36.2. The molecular formula is C45H76N8O14. The van der Waals surface area contributed by atoms with E-state index in [4.69, 9.17) is 70.1 Å². The van der Waals surface area contributed by atoms with Crippen molar-refractivity contribution in [2.24, 2.45) is 52.2 Å². The molecular weight excluding hydrogens is 877 g/mol. The molecule has 0 unspecified atom stereocenters. The van der Waals surface area contributed by atoms with Crippen LogP contribution in [0.4, 0.5) is 0 Å². The van der Waals surface area contributed by atoms with Gasteiger partial charge >= 0.3 is 41.8 Å². The number of fused-ring (bicyclic) bond motifs is 1. The Hall–Kier alpha value is -6.01. The monoisotopic (exact) mass is 953 g/mol. The van der Waals surface area contributed by atoms with Gasteiger partial charge in [-0.3, -0.25) is 33.6 Å². The van der Waals surface area contributed by atoms with Crippen molar-refractivity contribution in [1.29, 1.82) is 0 Å². The zero-order valence-corrected chi connectivity index (χ0v) is 39.4. The Labute approximate surface area is 391 Å². The van der Waals surface area contributed by atoms with E-state index in [9.17, 15) is 33.6 Å². The van der Waals surface area contributed by atoms with Gasteiger partial charge in [0.05, 0.1) is 0 Å². The lowest BCUT2D eigenvalue weighted by molar-refractivity contribution is -0.140. The maximum atomic E-state index is 10.6. The normalized spacial score (nSPS) is 15.5. The van der Waals surface area contributed by atoms with Crippen molar-refractivity contribution in [3.8, 4) is 0 Å². The summed E-state index contributed by atoms with van der Waals surface area (Å²) in [6.45, 7) is 13.5. The topological polar surface area (TPSA) is 445 Å². The first-order chi connectivity index (χ1) is 31.0. The number of aliphatic carboxylic acids is 7. The number of aromatic nitrogens is 1. The maximum Gasteiger partial charge on any atom is 0.320 e. The third-order valence-corrected chi connectivity index (χ3v) is 9.38. The van der Waals surface area contributed by atoms with Gasteiger partial charge < -0.3 is 80.4 Å². The number of H-pyrrole nitrogens is 1. The van der Waals surface area contributed by atoms with Crippen LogP contribution in [0.3, 0.4) is 0 Å². The van der Waals surface area contributed by atoms with Gasteiger partial charge in [0.2, 0.25) is 0 Å². The molecule has 8 atom stereocenters. The van der Waals surface area contributed by atoms with Gasteiger partial charge in [0.1, 0.15) is 42.3 Å². The molecule has 4 rings (SSSR count). The Bertz CT molecular complexity index is 1880. The van der Waals surface area contributed by atoms with Crippen LogP contribution >= 0.6 is 0 Å². The molecule has 380 valence electrons. The molecule has 0 aliphatic carbocycles. The average molecular weight is 953 g/mol. The highest BCUT2D eigenvalue weighted by atomic mass is 16.4. The van der Waals surface area contributed by atoms with Gasteiger partial charge in [-0.25, -0.2) is 0 Å². The highest BCUT2D eigenvalue weighted by molar-refractivity contribution is 5.84. The SMILES string of the molecule is CC(C)C[C@H](N)C(=O)O.CC(C)[C@H](N)C(=O)O.CC[C@H](C)[C@H](N)C(=O)O.C[C@H](N)C(=O)O.N[C@@H](Cc1c[nH]c2ccccc12)C(=O)O.N[C@@H](Cc1ccccc1)C(=O)O.O=C(O)[C@@H]1CCCN1. The van der Waals surface area contributed by atoms with Crippen LogP contribution in [-0.2, 0) is 46.4 Å². The van der Waals surface area contributed by atoms with Crippen molar-refractivity contribution in [3.63, 3.8) is 0 Å². The van der Waals surface area contributed by atoms with E-state index in [-0.39, 0.29) is 17.9 Å². The first kappa shape index (κ1) is 65.3. The van der Waals surface area contributed by atoms with E-state index in [1.807, 2.05) is 88.5 Å². The Morgan fingerprint density at radius 1 is 0.612 bits per heavy atom. The number of para-hydroxylation sites is 1. The minimum absolute atomic E-state index is 0.0208. The quantitative estimate of drug-likeness (QED) is 0.0975. The molecule has 2 aromatic carbocycles. The first-order valence-corrected chi connectivity index (χ1v) is 21.5. The largest absolute Gasteiger partial charge is 0.480 e. The molecule has 0 radical (unpaired) electrons. The molecule has 1 aliphatic rings. The van der Waals surface area contributed by atoms with Crippen LogP contribution in [0.25, 0.3) is 10.9 Å². The predicted octanol–water partition coefficient (Wildman–Crippen LogP) is 1.95. The number of hydrogen-bond acceptors (Lipinski definition) is 14. The van der Waals surface area contributed by atoms with Gasteiger partial charge in [-0.2, -0.15) is 0 Å². The highest BCUT2D eigenvalue weighted by Gasteiger charge is 2.20. The lowest BCUT2D eigenvalue weighted by atomic mass is 10.0. The third kappa shape index (κ3) is 32.3. The molecule has 0 bridgehead atoms. The molecule has 0 spiro atoms. The molecule has 1 aromatic heterocycles. The summed E-state index contributed by atoms with van der Waals surface area (Å²) >= 11 is 0. The number of carboxylic acid groups (broad SMARTS) is 7. The van der Waals surface area contributed by atoms with E-state index in [0.717, 1.165) is 47.8 Å². The average Bonchev–Trinajstić information content (AvgIpc) is 3.96. The Kier molecular flexibility index (Phi) is 35.2. The van der Waals surface area contributed by atoms with E-state index >= 15 is 0 Å². The van der Waals surface area contributed by atoms with E-state index in [2.05, 4.69) is 10.3 Å². The molecule has 22 heteroatoms. The lowest BCUT2D eigenvalue weighted by Gasteiger charge is -2.11. The first-order valence-electron chi connectivity index (χ1n) is 21.5. The summed E-state index contributed by atoms with van der Waals surface area (Å²) in [5, 5.41) is 62.2. The van der Waals surface area contributed by atoms with Gasteiger partial charge in [0, 0.05) is 23.5 Å². The molecule has 21 N–H and O–H groups in total. The second-order valence-electron chi connectivity index (χ2n) is 16.2. The van der Waals surface area contributed by atoms with Crippen LogP contribution in [0.1, 0.15) is 85.3 Å². The molecule has 0 saturated carbocycles. The number of carbonyl (C=O) groups is 7. The number of aromatic amines is 1. The highest BCUT2D eigenvalue weighted by Crippen LogP contribution is 2.18. The molecule has 1 aliphatic heterocycles. The van der Waals surface area contributed by atoms with E-state index in [0.29, 0.717) is 25.2 Å². The summed E-state index contributed by atoms with van der Waals surface area (Å²) in [4.78, 5) is 74.1. The molecule has 3 aromatic rings. The molecule has 67 heavy (non-hydrogen) atoms. The second-order valence-corrected chi connectivity index (χ2v) is 16.2. The van der Waals surface area contributed by atoms with Gasteiger partial charge in [-0.15, -0.1) is 0 Å². The number of nitrogens with two attached hydrogens (primary N) is 6. The van der Waals surface area contributed by atoms with E-state index in [1.165, 1.54) is 6.92 Å². The predicted molar refractivity (Wildman–Crippen MR) is 254 cm³/mol. The van der Waals surface area contributed by atoms with Crippen LogP contribution in [-0.4, -0.2) is 131 Å². The maximum absolute atomic E-state index is 10.6. The van der Waals surface area contributed by atoms with Crippen molar-refractivity contribution in [1.82, 2.24) is 10.3 Å². The lowest BCUT2D eigenvalue weighted by Crippen LogP contribution is -2.36. The van der Waals surface area contributed by atoms with E-state index < -0.39 is 78.0 Å². The number of carboxylic acids is 7. The smallest absolute Gasteiger partial charge is 0.320 e. The van der Waals surface area contributed by atoms with Crippen LogP contribution in [0.5, 0.6) is 0 Å². The summed E-state index contributed by atoms with van der Waals surface area (Å²) in [6.07, 6.45) is 5.69. The number of hydrogen-bond donors (Lipinski definition) is 15. The number of nitrogens with one attached hydrogen (secondary N) is 2. The fourth-order valence-corrected chi connectivity index (χ4v) is 4.87. The Balaban J connectivity index is -0.000000728. The molecule has 22 nitrogen and oxygen atoms in total. The van der Waals surface area contributed by atoms with Crippen molar-refractivity contribution in [3.05, 3.63) is 71.9 Å². The standard InChI is InChI=1S/C11H12N2O2.C9H11NO2.2C6H13NO2.C5H9NO2.C5H11NO2.C3H7NO2/c12-9(11(14)15)5-7-6-13-10-4-2-1-3-8(7)10;10-8(9(11)12)6-7-4-2-1-3-5-7;1-4(2)3-5(7)6(8)9;1-3-4(2)5(7)6(8)9;7-5(8)4-2-1-3-6-4;1-3(2)4(6)5(7)8;1-2(4)3(5)6/h1-4,6,9,13H,5,12H2,(H,14,15);1-5,8H,6,10H2,(H,11,12);2*4-5H,3,7H2,1-2H3,(H,8,9);4,6H,1-3H2,(H,7,8);3-4H,6H2,1-2H3,(H,7,8);2H,4H2,1H3,(H,5,6)/t9-;8-;5-;4-,5-;2*4-;2-/m0000000/s1. The molecule has 1 fully saturated rings. The fraction of sp³-hybridized carbons (Fsp3) is 0.533.